The molecule has 23 heavy (non-hydrogen) atoms. The topological polar surface area (TPSA) is 50.7 Å². The van der Waals surface area contributed by atoms with E-state index in [4.69, 9.17) is 16.3 Å². The Morgan fingerprint density at radius 2 is 2.00 bits per heavy atom. The van der Waals surface area contributed by atoms with Gasteiger partial charge in [-0.05, 0) is 43.2 Å². The number of amides is 1. The van der Waals surface area contributed by atoms with Crippen LogP contribution in [-0.2, 0) is 11.2 Å². The smallest absolute Gasteiger partial charge is 0.244 e. The zero-order chi connectivity index (χ0) is 16.7. The van der Waals surface area contributed by atoms with Gasteiger partial charge in [-0.2, -0.15) is 5.10 Å². The van der Waals surface area contributed by atoms with Crippen molar-refractivity contribution in [3.8, 4) is 5.75 Å². The fourth-order valence-corrected chi connectivity index (χ4v) is 2.18. The van der Waals surface area contributed by atoms with Crippen LogP contribution in [0.5, 0.6) is 5.75 Å². The molecule has 0 bridgehead atoms. The molecule has 1 amide bonds. The lowest BCUT2D eigenvalue weighted by Crippen LogP contribution is -2.19. The van der Waals surface area contributed by atoms with E-state index in [-0.39, 0.29) is 12.0 Å². The van der Waals surface area contributed by atoms with Crippen molar-refractivity contribution < 1.29 is 9.53 Å². The molecule has 2 aromatic carbocycles. The van der Waals surface area contributed by atoms with E-state index in [0.29, 0.717) is 17.2 Å². The molecule has 0 aliphatic carbocycles. The highest BCUT2D eigenvalue weighted by atomic mass is 35.5. The van der Waals surface area contributed by atoms with Crippen LogP contribution in [0.2, 0.25) is 5.02 Å². The fourth-order valence-electron chi connectivity index (χ4n) is 1.95. The van der Waals surface area contributed by atoms with Crippen LogP contribution in [0.3, 0.4) is 0 Å². The minimum Gasteiger partial charge on any atom is -0.489 e. The first-order chi connectivity index (χ1) is 11.0. The van der Waals surface area contributed by atoms with Gasteiger partial charge in [-0.25, -0.2) is 5.43 Å². The van der Waals surface area contributed by atoms with Crippen LogP contribution in [0.4, 0.5) is 0 Å². The highest BCUT2D eigenvalue weighted by Crippen LogP contribution is 2.25. The van der Waals surface area contributed by atoms with Gasteiger partial charge in [0.1, 0.15) is 5.75 Å². The third-order valence-electron chi connectivity index (χ3n) is 2.93. The lowest BCUT2D eigenvalue weighted by atomic mass is 10.1. The van der Waals surface area contributed by atoms with Gasteiger partial charge in [0.05, 0.1) is 23.8 Å². The second kappa shape index (κ2) is 8.34. The summed E-state index contributed by atoms with van der Waals surface area (Å²) in [6.45, 7) is 3.88. The Bertz CT molecular complexity index is 685. The summed E-state index contributed by atoms with van der Waals surface area (Å²) >= 11 is 6.15. The summed E-state index contributed by atoms with van der Waals surface area (Å²) in [6, 6.07) is 14.9. The lowest BCUT2D eigenvalue weighted by Gasteiger charge is -2.11. The van der Waals surface area contributed by atoms with E-state index in [1.165, 1.54) is 0 Å². The van der Waals surface area contributed by atoms with Crippen LogP contribution < -0.4 is 10.2 Å². The van der Waals surface area contributed by atoms with Gasteiger partial charge < -0.3 is 4.74 Å². The predicted octanol–water partition coefficient (Wildman–Crippen LogP) is 3.82. The summed E-state index contributed by atoms with van der Waals surface area (Å²) in [4.78, 5) is 11.8. The summed E-state index contributed by atoms with van der Waals surface area (Å²) in [6.07, 6.45) is 1.90. The molecule has 0 atom stereocenters. The predicted molar refractivity (Wildman–Crippen MR) is 93.1 cm³/mol. The molecule has 2 rings (SSSR count). The van der Waals surface area contributed by atoms with Crippen molar-refractivity contribution in [3.63, 3.8) is 0 Å². The Kier molecular flexibility index (Phi) is 6.18. The molecule has 0 aliphatic heterocycles. The minimum absolute atomic E-state index is 0.0595. The van der Waals surface area contributed by atoms with Gasteiger partial charge in [0.15, 0.2) is 0 Å². The molecule has 0 heterocycles. The SMILES string of the molecule is CC(C)Oc1ccc(/C=N\NC(=O)Cc2ccccc2)cc1Cl. The zero-order valence-corrected chi connectivity index (χ0v) is 13.9. The molecule has 120 valence electrons. The number of carbonyl (C=O) groups is 1. The van der Waals surface area contributed by atoms with Crippen molar-refractivity contribution in [1.82, 2.24) is 5.43 Å². The first kappa shape index (κ1) is 17.0. The number of hydrogen-bond acceptors (Lipinski definition) is 3. The van der Waals surface area contributed by atoms with Crippen LogP contribution in [-0.4, -0.2) is 18.2 Å². The van der Waals surface area contributed by atoms with E-state index in [1.54, 1.807) is 18.3 Å². The minimum atomic E-state index is -0.168. The fraction of sp³-hybridized carbons (Fsp3) is 0.222. The van der Waals surface area contributed by atoms with Crippen LogP contribution in [0, 0.1) is 0 Å². The standard InChI is InChI=1S/C18H19ClN2O2/c1-13(2)23-17-9-8-15(10-16(17)19)12-20-21-18(22)11-14-6-4-3-5-7-14/h3-10,12-13H,11H2,1-2H3,(H,21,22)/b20-12-. The Morgan fingerprint density at radius 3 is 2.65 bits per heavy atom. The van der Waals surface area contributed by atoms with Crippen LogP contribution in [0.1, 0.15) is 25.0 Å². The Morgan fingerprint density at radius 1 is 1.26 bits per heavy atom. The van der Waals surface area contributed by atoms with Crippen molar-refractivity contribution in [3.05, 3.63) is 64.7 Å². The van der Waals surface area contributed by atoms with Crippen molar-refractivity contribution in [2.75, 3.05) is 0 Å². The first-order valence-electron chi connectivity index (χ1n) is 7.36. The van der Waals surface area contributed by atoms with Crippen molar-refractivity contribution in [2.45, 2.75) is 26.4 Å². The highest BCUT2D eigenvalue weighted by molar-refractivity contribution is 6.32. The average Bonchev–Trinajstić information content (AvgIpc) is 2.50. The van der Waals surface area contributed by atoms with Crippen molar-refractivity contribution in [1.29, 1.82) is 0 Å². The van der Waals surface area contributed by atoms with Gasteiger partial charge >= 0.3 is 0 Å². The van der Waals surface area contributed by atoms with Gasteiger partial charge in [0.25, 0.3) is 0 Å². The third kappa shape index (κ3) is 5.75. The molecule has 0 aliphatic rings. The number of ether oxygens (including phenoxy) is 1. The summed E-state index contributed by atoms with van der Waals surface area (Å²) in [7, 11) is 0. The number of halogens is 1. The molecule has 1 N–H and O–H groups in total. The van der Waals surface area contributed by atoms with Crippen LogP contribution >= 0.6 is 11.6 Å². The number of hydrogen-bond donors (Lipinski definition) is 1. The summed E-state index contributed by atoms with van der Waals surface area (Å²) in [5.74, 6) is 0.463. The number of hydrazone groups is 1. The third-order valence-corrected chi connectivity index (χ3v) is 3.22. The monoisotopic (exact) mass is 330 g/mol. The summed E-state index contributed by atoms with van der Waals surface area (Å²) < 4.78 is 5.56. The molecule has 4 nitrogen and oxygen atoms in total. The Labute approximate surface area is 141 Å². The normalized spacial score (nSPS) is 11.0. The number of rotatable bonds is 6. The molecule has 5 heteroatoms. The zero-order valence-electron chi connectivity index (χ0n) is 13.1. The van der Waals surface area contributed by atoms with Crippen LogP contribution in [0.15, 0.2) is 53.6 Å². The van der Waals surface area contributed by atoms with E-state index in [2.05, 4.69) is 10.5 Å². The number of benzene rings is 2. The number of nitrogens with zero attached hydrogens (tertiary/aromatic N) is 1. The molecular formula is C18H19ClN2O2. The first-order valence-corrected chi connectivity index (χ1v) is 7.74. The molecule has 2 aromatic rings. The highest BCUT2D eigenvalue weighted by Gasteiger charge is 2.04. The van der Waals surface area contributed by atoms with Gasteiger partial charge in [0, 0.05) is 0 Å². The number of nitrogens with one attached hydrogen (secondary N) is 1. The molecule has 0 saturated heterocycles. The van der Waals surface area contributed by atoms with Gasteiger partial charge in [-0.1, -0.05) is 41.9 Å². The summed E-state index contributed by atoms with van der Waals surface area (Å²) in [5.41, 5.74) is 4.23. The van der Waals surface area contributed by atoms with Crippen molar-refractivity contribution in [2.24, 2.45) is 5.10 Å². The maximum Gasteiger partial charge on any atom is 0.244 e. The van der Waals surface area contributed by atoms with E-state index < -0.39 is 0 Å². The van der Waals surface area contributed by atoms with E-state index in [9.17, 15) is 4.79 Å². The molecular weight excluding hydrogens is 312 g/mol. The Hall–Kier alpha value is -2.33. The molecule has 0 radical (unpaired) electrons. The second-order valence-electron chi connectivity index (χ2n) is 5.31. The maximum atomic E-state index is 11.8. The van der Waals surface area contributed by atoms with Crippen LogP contribution in [0.25, 0.3) is 0 Å². The molecule has 0 spiro atoms. The maximum absolute atomic E-state index is 11.8. The molecule has 0 saturated carbocycles. The molecule has 0 fully saturated rings. The van der Waals surface area contributed by atoms with Crippen molar-refractivity contribution >= 4 is 23.7 Å². The second-order valence-corrected chi connectivity index (χ2v) is 5.72. The van der Waals surface area contributed by atoms with E-state index in [0.717, 1.165) is 11.1 Å². The van der Waals surface area contributed by atoms with Gasteiger partial charge in [-0.15, -0.1) is 0 Å². The summed E-state index contributed by atoms with van der Waals surface area (Å²) in [5, 5.41) is 4.46. The van der Waals surface area contributed by atoms with Gasteiger partial charge in [0.2, 0.25) is 5.91 Å². The quantitative estimate of drug-likeness (QED) is 0.646. The van der Waals surface area contributed by atoms with E-state index >= 15 is 0 Å². The number of carbonyl (C=O) groups excluding carboxylic acids is 1. The largest absolute Gasteiger partial charge is 0.489 e. The Balaban J connectivity index is 1.90. The molecule has 0 unspecified atom stereocenters. The average molecular weight is 331 g/mol. The van der Waals surface area contributed by atoms with E-state index in [1.807, 2.05) is 50.2 Å². The molecule has 0 aromatic heterocycles. The lowest BCUT2D eigenvalue weighted by molar-refractivity contribution is -0.120. The van der Waals surface area contributed by atoms with Gasteiger partial charge in [-0.3, -0.25) is 4.79 Å².